The Morgan fingerprint density at radius 2 is 0.767 bits per heavy atom. The van der Waals surface area contributed by atoms with Crippen molar-refractivity contribution in [3.63, 3.8) is 0 Å². The Balaban J connectivity index is 1.56. The molecule has 2 aliphatic rings. The van der Waals surface area contributed by atoms with Crippen LogP contribution in [0.15, 0.2) is 85.1 Å². The highest BCUT2D eigenvalue weighted by atomic mass is 16.7. The first kappa shape index (κ1) is 83.3. The minimum atomic E-state index is -1.78. The fourth-order valence-corrected chi connectivity index (χ4v) is 11.8. The molecule has 0 saturated carbocycles. The first-order valence-corrected chi connectivity index (χ1v) is 36.8. The predicted molar refractivity (Wildman–Crippen MR) is 369 cm³/mol. The Morgan fingerprint density at radius 3 is 1.18 bits per heavy atom. The van der Waals surface area contributed by atoms with Gasteiger partial charge in [-0.3, -0.25) is 4.79 Å². The van der Waals surface area contributed by atoms with Crippen molar-refractivity contribution in [3.05, 3.63) is 85.1 Å². The third-order valence-corrected chi connectivity index (χ3v) is 17.6. The second-order valence-corrected chi connectivity index (χ2v) is 25.7. The Kier molecular flexibility index (Phi) is 55.4. The predicted octanol–water partition coefficient (Wildman–Crippen LogP) is 15.6. The molecule has 12 atom stereocenters. The molecule has 0 aromatic rings. The summed E-state index contributed by atoms with van der Waals surface area (Å²) in [7, 11) is 0. The lowest BCUT2D eigenvalue weighted by molar-refractivity contribution is -0.359. The summed E-state index contributed by atoms with van der Waals surface area (Å²) in [6.45, 7) is 2.77. The highest BCUT2D eigenvalue weighted by Crippen LogP contribution is 2.30. The van der Waals surface area contributed by atoms with Crippen LogP contribution in [0.5, 0.6) is 0 Å². The van der Waals surface area contributed by atoms with Crippen molar-refractivity contribution in [2.75, 3.05) is 19.8 Å². The fourth-order valence-electron chi connectivity index (χ4n) is 11.8. The molecule has 90 heavy (non-hydrogen) atoms. The summed E-state index contributed by atoms with van der Waals surface area (Å²) in [6.07, 6.45) is 66.2. The van der Waals surface area contributed by atoms with E-state index in [1.54, 1.807) is 0 Å². The fraction of sp³-hybridized carbons (Fsp3) is 0.803. The van der Waals surface area contributed by atoms with E-state index in [4.69, 9.17) is 18.9 Å². The Labute approximate surface area is 548 Å². The van der Waals surface area contributed by atoms with Crippen molar-refractivity contribution in [3.8, 4) is 0 Å². The number of ether oxygens (including phenoxy) is 4. The van der Waals surface area contributed by atoms with Crippen LogP contribution in [0.1, 0.15) is 296 Å². The van der Waals surface area contributed by atoms with Crippen molar-refractivity contribution in [2.45, 2.75) is 370 Å². The van der Waals surface area contributed by atoms with E-state index in [9.17, 15) is 45.6 Å². The second kappa shape index (κ2) is 59.9. The molecule has 2 aliphatic heterocycles. The highest BCUT2D eigenvalue weighted by Gasteiger charge is 2.51. The molecule has 2 heterocycles. The first-order chi connectivity index (χ1) is 44.1. The minimum absolute atomic E-state index is 0.204. The van der Waals surface area contributed by atoms with Gasteiger partial charge in [0, 0.05) is 6.42 Å². The molecular formula is C76H135NO13. The second-order valence-electron chi connectivity index (χ2n) is 25.7. The Bertz CT molecular complexity index is 1830. The maximum Gasteiger partial charge on any atom is 0.220 e. The van der Waals surface area contributed by atoms with Gasteiger partial charge < -0.3 is 65.1 Å². The van der Waals surface area contributed by atoms with Crippen LogP contribution in [0, 0.1) is 0 Å². The van der Waals surface area contributed by atoms with Gasteiger partial charge in [0.15, 0.2) is 12.6 Å². The van der Waals surface area contributed by atoms with Crippen LogP contribution in [0.4, 0.5) is 0 Å². The van der Waals surface area contributed by atoms with E-state index in [-0.39, 0.29) is 12.5 Å². The van der Waals surface area contributed by atoms with Crippen molar-refractivity contribution in [1.29, 1.82) is 0 Å². The zero-order chi connectivity index (χ0) is 65.2. The quantitative estimate of drug-likeness (QED) is 0.0204. The molecule has 2 rings (SSSR count). The monoisotopic (exact) mass is 1270 g/mol. The molecule has 14 nitrogen and oxygen atoms in total. The number of hydrogen-bond donors (Lipinski definition) is 9. The van der Waals surface area contributed by atoms with Gasteiger partial charge in [-0.1, -0.05) is 304 Å². The molecule has 0 spiro atoms. The molecule has 9 N–H and O–H groups in total. The Hall–Kier alpha value is -2.83. The van der Waals surface area contributed by atoms with E-state index in [0.29, 0.717) is 12.8 Å². The maximum atomic E-state index is 13.3. The third kappa shape index (κ3) is 43.2. The van der Waals surface area contributed by atoms with Gasteiger partial charge in [-0.2, -0.15) is 0 Å². The molecule has 522 valence electrons. The SMILES string of the molecule is CC/C=C\C/C=C\C/C=C\C/C=C\C/C=C\C/C=C\C/C=C\CCCCCCCCCCCCCCCCCCCCCC(=O)NC(COC1OC(CO)C(OC2OC(CO)C(O)C(O)C2O)C(O)C1O)C(O)CCCCCCCCCCCCCCCCC. The van der Waals surface area contributed by atoms with Crippen LogP contribution in [0.3, 0.4) is 0 Å². The van der Waals surface area contributed by atoms with Gasteiger partial charge in [-0.05, 0) is 70.6 Å². The van der Waals surface area contributed by atoms with E-state index in [0.717, 1.165) is 96.3 Å². The van der Waals surface area contributed by atoms with Gasteiger partial charge in [-0.25, -0.2) is 0 Å². The lowest BCUT2D eigenvalue weighted by Crippen LogP contribution is -2.65. The molecule has 0 aliphatic carbocycles. The molecule has 2 saturated heterocycles. The van der Waals surface area contributed by atoms with Crippen LogP contribution in [0.25, 0.3) is 0 Å². The molecule has 14 heteroatoms. The van der Waals surface area contributed by atoms with Crippen molar-refractivity contribution >= 4 is 5.91 Å². The molecule has 0 radical (unpaired) electrons. The number of nitrogens with one attached hydrogen (secondary N) is 1. The van der Waals surface area contributed by atoms with Gasteiger partial charge in [0.2, 0.25) is 5.91 Å². The minimum Gasteiger partial charge on any atom is -0.394 e. The van der Waals surface area contributed by atoms with E-state index in [1.165, 1.54) is 173 Å². The lowest BCUT2D eigenvalue weighted by Gasteiger charge is -2.46. The van der Waals surface area contributed by atoms with E-state index < -0.39 is 86.8 Å². The van der Waals surface area contributed by atoms with Gasteiger partial charge in [0.1, 0.15) is 48.8 Å². The average Bonchev–Trinajstić information content (AvgIpc) is 1.58. The molecular weight excluding hydrogens is 1130 g/mol. The molecule has 0 aromatic heterocycles. The number of hydrogen-bond acceptors (Lipinski definition) is 13. The smallest absolute Gasteiger partial charge is 0.220 e. The van der Waals surface area contributed by atoms with E-state index in [1.807, 2.05) is 0 Å². The summed E-state index contributed by atoms with van der Waals surface area (Å²) in [5, 5.41) is 87.5. The van der Waals surface area contributed by atoms with Crippen molar-refractivity contribution in [2.24, 2.45) is 0 Å². The topological polar surface area (TPSA) is 228 Å². The number of carbonyl (C=O) groups excluding carboxylic acids is 1. The van der Waals surface area contributed by atoms with Crippen LogP contribution in [-0.2, 0) is 23.7 Å². The average molecular weight is 1270 g/mol. The summed E-state index contributed by atoms with van der Waals surface area (Å²) >= 11 is 0. The summed E-state index contributed by atoms with van der Waals surface area (Å²) in [5.74, 6) is -0.204. The van der Waals surface area contributed by atoms with Gasteiger partial charge in [0.25, 0.3) is 0 Å². The first-order valence-electron chi connectivity index (χ1n) is 36.8. The Morgan fingerprint density at radius 1 is 0.411 bits per heavy atom. The number of carbonyl (C=O) groups is 1. The van der Waals surface area contributed by atoms with Crippen molar-refractivity contribution < 1.29 is 64.6 Å². The number of aliphatic hydroxyl groups excluding tert-OH is 8. The highest BCUT2D eigenvalue weighted by molar-refractivity contribution is 5.76. The number of rotatable bonds is 60. The molecule has 1 amide bonds. The third-order valence-electron chi connectivity index (χ3n) is 17.6. The van der Waals surface area contributed by atoms with E-state index in [2.05, 4.69) is 104 Å². The van der Waals surface area contributed by atoms with Crippen LogP contribution in [-0.4, -0.2) is 140 Å². The largest absolute Gasteiger partial charge is 0.394 e. The standard InChI is InChI=1S/C76H135NO13/c1-3-5-7-9-11-13-15-17-19-20-21-22-23-24-25-26-27-28-29-30-31-32-33-34-35-36-37-38-39-40-41-42-43-44-46-48-50-52-54-56-58-60-68(81)77-64(65(80)59-57-55-53-51-49-47-45-18-16-14-12-10-8-6-4-2)63-87-75-73(86)71(84)74(67(62-79)89-75)90-76-72(85)70(83)69(82)66(61-78)88-76/h5,7,11,13,17,19,21-22,24-25,27-28,30-31,64-67,69-76,78-80,82-86H,3-4,6,8-10,12,14-16,18,20,23,26,29,32-63H2,1-2H3,(H,77,81)/b7-5-,13-11-,19-17-,22-21-,25-24-,28-27-,31-30-. The van der Waals surface area contributed by atoms with E-state index >= 15 is 0 Å². The van der Waals surface area contributed by atoms with Gasteiger partial charge in [0.05, 0.1) is 32.0 Å². The summed E-state index contributed by atoms with van der Waals surface area (Å²) in [5.41, 5.74) is 0. The van der Waals surface area contributed by atoms with Gasteiger partial charge >= 0.3 is 0 Å². The molecule has 0 bridgehead atoms. The number of unbranched alkanes of at least 4 members (excludes halogenated alkanes) is 33. The summed E-state index contributed by atoms with van der Waals surface area (Å²) < 4.78 is 22.9. The summed E-state index contributed by atoms with van der Waals surface area (Å²) in [6, 6.07) is -0.830. The van der Waals surface area contributed by atoms with Crippen LogP contribution in [0.2, 0.25) is 0 Å². The lowest BCUT2D eigenvalue weighted by atomic mass is 9.97. The van der Waals surface area contributed by atoms with Crippen molar-refractivity contribution in [1.82, 2.24) is 5.32 Å². The number of aliphatic hydroxyl groups is 8. The molecule has 0 aromatic carbocycles. The summed E-state index contributed by atoms with van der Waals surface area (Å²) in [4.78, 5) is 13.3. The normalized spacial score (nSPS) is 23.4. The maximum absolute atomic E-state index is 13.3. The number of amides is 1. The van der Waals surface area contributed by atoms with Crippen LogP contribution >= 0.6 is 0 Å². The zero-order valence-corrected chi connectivity index (χ0v) is 56.9. The zero-order valence-electron chi connectivity index (χ0n) is 56.9. The molecule has 12 unspecified atom stereocenters. The van der Waals surface area contributed by atoms with Gasteiger partial charge in [-0.15, -0.1) is 0 Å². The molecule has 2 fully saturated rings. The number of allylic oxidation sites excluding steroid dienone is 14. The van der Waals surface area contributed by atoms with Crippen LogP contribution < -0.4 is 5.32 Å².